The van der Waals surface area contributed by atoms with Crippen LogP contribution in [0.25, 0.3) is 0 Å². The number of thiazole rings is 1. The van der Waals surface area contributed by atoms with E-state index in [4.69, 9.17) is 4.74 Å². The van der Waals surface area contributed by atoms with E-state index < -0.39 is 0 Å². The van der Waals surface area contributed by atoms with Crippen molar-refractivity contribution in [1.29, 1.82) is 0 Å². The molecule has 4 amide bonds. The fraction of sp³-hybridized carbons (Fsp3) is 0.522. The van der Waals surface area contributed by atoms with Crippen molar-refractivity contribution in [2.45, 2.75) is 32.2 Å². The van der Waals surface area contributed by atoms with Crippen LogP contribution in [0.1, 0.15) is 25.5 Å². The first-order valence-electron chi connectivity index (χ1n) is 11.9. The number of pyridine rings is 1. The van der Waals surface area contributed by atoms with Crippen LogP contribution in [0, 0.1) is 0 Å². The summed E-state index contributed by atoms with van der Waals surface area (Å²) in [5.74, 6) is 0.799. The topological polar surface area (TPSA) is 120 Å². The molecule has 0 radical (unpaired) electrons. The van der Waals surface area contributed by atoms with E-state index in [0.717, 1.165) is 5.82 Å². The van der Waals surface area contributed by atoms with E-state index in [-0.39, 0.29) is 30.5 Å². The minimum Gasteiger partial charge on any atom is -0.450 e. The zero-order valence-corrected chi connectivity index (χ0v) is 20.6. The Morgan fingerprint density at radius 3 is 2.54 bits per heavy atom. The number of ether oxygens (including phenoxy) is 1. The minimum atomic E-state index is -0.301. The molecule has 2 aliphatic heterocycles. The number of aromatic nitrogens is 2. The number of piperidine rings is 1. The van der Waals surface area contributed by atoms with Crippen molar-refractivity contribution < 1.29 is 19.1 Å². The Hall–Kier alpha value is -3.41. The van der Waals surface area contributed by atoms with Gasteiger partial charge in [-0.15, -0.1) is 11.3 Å². The summed E-state index contributed by atoms with van der Waals surface area (Å²) in [5.41, 5.74) is 0.617. The molecule has 0 unspecified atom stereocenters. The Bertz CT molecular complexity index is 1000. The maximum absolute atomic E-state index is 12.7. The Labute approximate surface area is 208 Å². The van der Waals surface area contributed by atoms with Crippen molar-refractivity contribution in [1.82, 2.24) is 25.1 Å². The van der Waals surface area contributed by atoms with Crippen molar-refractivity contribution in [2.24, 2.45) is 0 Å². The summed E-state index contributed by atoms with van der Waals surface area (Å²) in [4.78, 5) is 51.3. The predicted molar refractivity (Wildman–Crippen MR) is 133 cm³/mol. The normalized spacial score (nSPS) is 16.7. The number of hydrogen-bond acceptors (Lipinski definition) is 8. The molecule has 35 heavy (non-hydrogen) atoms. The van der Waals surface area contributed by atoms with E-state index in [1.54, 1.807) is 28.3 Å². The summed E-state index contributed by atoms with van der Waals surface area (Å²) >= 11 is 1.31. The molecule has 0 spiro atoms. The summed E-state index contributed by atoms with van der Waals surface area (Å²) in [6.45, 7) is 5.88. The molecule has 2 aromatic rings. The first-order valence-corrected chi connectivity index (χ1v) is 12.8. The van der Waals surface area contributed by atoms with Crippen LogP contribution in [0.15, 0.2) is 29.8 Å². The number of carbonyl (C=O) groups excluding carboxylic acids is 3. The summed E-state index contributed by atoms with van der Waals surface area (Å²) in [5, 5.41) is 8.13. The second-order valence-corrected chi connectivity index (χ2v) is 9.30. The monoisotopic (exact) mass is 501 g/mol. The number of amides is 4. The fourth-order valence-corrected chi connectivity index (χ4v) is 4.86. The van der Waals surface area contributed by atoms with Crippen LogP contribution in [-0.2, 0) is 16.0 Å². The van der Waals surface area contributed by atoms with Crippen LogP contribution in [0.3, 0.4) is 0 Å². The van der Waals surface area contributed by atoms with Gasteiger partial charge in [0.2, 0.25) is 5.91 Å². The molecule has 0 bridgehead atoms. The van der Waals surface area contributed by atoms with Gasteiger partial charge in [-0.05, 0) is 31.9 Å². The average Bonchev–Trinajstić information content (AvgIpc) is 3.31. The third kappa shape index (κ3) is 6.81. The van der Waals surface area contributed by atoms with E-state index in [0.29, 0.717) is 69.5 Å². The summed E-state index contributed by atoms with van der Waals surface area (Å²) in [6.07, 6.45) is 2.99. The fourth-order valence-electron chi connectivity index (χ4n) is 4.16. The van der Waals surface area contributed by atoms with Crippen molar-refractivity contribution >= 4 is 40.3 Å². The number of nitrogens with zero attached hydrogens (tertiary/aromatic N) is 5. The summed E-state index contributed by atoms with van der Waals surface area (Å²) in [7, 11) is 0. The van der Waals surface area contributed by atoms with Gasteiger partial charge in [-0.3, -0.25) is 10.1 Å². The van der Waals surface area contributed by atoms with Gasteiger partial charge in [0.25, 0.3) is 0 Å². The number of rotatable bonds is 6. The lowest BCUT2D eigenvalue weighted by atomic mass is 10.1. The number of nitrogens with one attached hydrogen (secondary N) is 2. The van der Waals surface area contributed by atoms with E-state index >= 15 is 0 Å². The number of carbonyl (C=O) groups is 3. The molecule has 188 valence electrons. The standard InChI is InChI=1S/C23H31N7O4S/c1-2-34-23(33)30-9-6-17(7-10-30)25-20(31)15-18-16-35-21(26-18)27-22(32)29-13-11-28(12-14-29)19-5-3-4-8-24-19/h3-5,8,16-17H,2,6-7,9-15H2,1H3,(H,25,31)(H,26,27,32). The third-order valence-corrected chi connectivity index (χ3v) is 6.84. The van der Waals surface area contributed by atoms with Crippen LogP contribution in [0.4, 0.5) is 20.5 Å². The number of piperazine rings is 1. The zero-order chi connectivity index (χ0) is 24.6. The zero-order valence-electron chi connectivity index (χ0n) is 19.8. The predicted octanol–water partition coefficient (Wildman–Crippen LogP) is 2.17. The second-order valence-electron chi connectivity index (χ2n) is 8.44. The molecule has 2 aromatic heterocycles. The Kier molecular flexibility index (Phi) is 8.35. The summed E-state index contributed by atoms with van der Waals surface area (Å²) in [6, 6.07) is 5.64. The maximum Gasteiger partial charge on any atom is 0.409 e. The van der Waals surface area contributed by atoms with Gasteiger partial charge in [-0.25, -0.2) is 19.6 Å². The average molecular weight is 502 g/mol. The molecule has 0 aliphatic carbocycles. The molecular weight excluding hydrogens is 470 g/mol. The van der Waals surface area contributed by atoms with Gasteiger partial charge < -0.3 is 24.8 Å². The minimum absolute atomic E-state index is 0.0238. The highest BCUT2D eigenvalue weighted by molar-refractivity contribution is 7.13. The Morgan fingerprint density at radius 1 is 1.09 bits per heavy atom. The van der Waals surface area contributed by atoms with Crippen molar-refractivity contribution in [2.75, 3.05) is 56.1 Å². The van der Waals surface area contributed by atoms with Gasteiger partial charge in [0.1, 0.15) is 5.82 Å². The Balaban J connectivity index is 1.18. The van der Waals surface area contributed by atoms with Crippen LogP contribution in [0.2, 0.25) is 0 Å². The molecule has 2 aliphatic rings. The number of anilines is 2. The van der Waals surface area contributed by atoms with E-state index in [9.17, 15) is 14.4 Å². The lowest BCUT2D eigenvalue weighted by Crippen LogP contribution is -2.50. The van der Waals surface area contributed by atoms with Gasteiger partial charge in [0.05, 0.1) is 18.7 Å². The highest BCUT2D eigenvalue weighted by atomic mass is 32.1. The van der Waals surface area contributed by atoms with E-state index in [1.807, 2.05) is 18.2 Å². The molecule has 2 N–H and O–H groups in total. The highest BCUT2D eigenvalue weighted by Crippen LogP contribution is 2.18. The molecule has 4 rings (SSSR count). The third-order valence-electron chi connectivity index (χ3n) is 6.03. The molecule has 12 heteroatoms. The molecular formula is C23H31N7O4S. The molecule has 0 atom stereocenters. The quantitative estimate of drug-likeness (QED) is 0.622. The van der Waals surface area contributed by atoms with Gasteiger partial charge in [0, 0.05) is 56.9 Å². The van der Waals surface area contributed by atoms with Gasteiger partial charge in [-0.1, -0.05) is 6.07 Å². The molecule has 0 saturated carbocycles. The number of likely N-dealkylation sites (tertiary alicyclic amines) is 1. The van der Waals surface area contributed by atoms with E-state index in [2.05, 4.69) is 25.5 Å². The van der Waals surface area contributed by atoms with Crippen molar-refractivity contribution in [3.8, 4) is 0 Å². The summed E-state index contributed by atoms with van der Waals surface area (Å²) < 4.78 is 5.02. The molecule has 0 aromatic carbocycles. The number of urea groups is 1. The van der Waals surface area contributed by atoms with Gasteiger partial charge in [0.15, 0.2) is 5.13 Å². The molecule has 4 heterocycles. The molecule has 11 nitrogen and oxygen atoms in total. The lowest BCUT2D eigenvalue weighted by molar-refractivity contribution is -0.121. The Morgan fingerprint density at radius 2 is 1.86 bits per heavy atom. The molecule has 2 fully saturated rings. The van der Waals surface area contributed by atoms with Crippen molar-refractivity contribution in [3.05, 3.63) is 35.5 Å². The van der Waals surface area contributed by atoms with Crippen LogP contribution < -0.4 is 15.5 Å². The van der Waals surface area contributed by atoms with Crippen LogP contribution in [0.5, 0.6) is 0 Å². The van der Waals surface area contributed by atoms with Crippen LogP contribution >= 0.6 is 11.3 Å². The highest BCUT2D eigenvalue weighted by Gasteiger charge is 2.25. The lowest BCUT2D eigenvalue weighted by Gasteiger charge is -2.35. The SMILES string of the molecule is CCOC(=O)N1CCC(NC(=O)Cc2csc(NC(=O)N3CCN(c4ccccn4)CC3)n2)CC1. The first-order chi connectivity index (χ1) is 17.0. The molecule has 2 saturated heterocycles. The van der Waals surface area contributed by atoms with E-state index in [1.165, 1.54) is 11.3 Å². The number of hydrogen-bond donors (Lipinski definition) is 2. The van der Waals surface area contributed by atoms with Gasteiger partial charge in [-0.2, -0.15) is 0 Å². The second kappa shape index (κ2) is 11.8. The van der Waals surface area contributed by atoms with Crippen molar-refractivity contribution in [3.63, 3.8) is 0 Å². The smallest absolute Gasteiger partial charge is 0.409 e. The van der Waals surface area contributed by atoms with Gasteiger partial charge >= 0.3 is 12.1 Å². The first kappa shape index (κ1) is 24.7. The maximum atomic E-state index is 12.7. The van der Waals surface area contributed by atoms with Crippen LogP contribution in [-0.4, -0.2) is 89.7 Å². The largest absolute Gasteiger partial charge is 0.450 e.